The van der Waals surface area contributed by atoms with E-state index >= 15 is 0 Å². The molecule has 136 valence electrons. The normalized spacial score (nSPS) is 18.9. The van der Waals surface area contributed by atoms with Crippen LogP contribution in [0.15, 0.2) is 91.0 Å². The molecule has 0 bridgehead atoms. The van der Waals surface area contributed by atoms with Crippen molar-refractivity contribution in [2.24, 2.45) is 0 Å². The van der Waals surface area contributed by atoms with Crippen molar-refractivity contribution in [3.05, 3.63) is 108 Å². The minimum atomic E-state index is -1.18. The third kappa shape index (κ3) is 3.37. The fourth-order valence-electron chi connectivity index (χ4n) is 3.34. The average molecular weight is 359 g/mol. The van der Waals surface area contributed by atoms with E-state index < -0.39 is 5.79 Å². The second kappa shape index (κ2) is 7.35. The summed E-state index contributed by atoms with van der Waals surface area (Å²) in [6.07, 6.45) is -0.202. The Morgan fingerprint density at radius 3 is 1.85 bits per heavy atom. The van der Waals surface area contributed by atoms with Crippen LogP contribution in [0.1, 0.15) is 28.4 Å². The topological polar surface area (TPSA) is 38.8 Å². The Labute approximate surface area is 158 Å². The lowest BCUT2D eigenvalue weighted by Gasteiger charge is -2.45. The summed E-state index contributed by atoms with van der Waals surface area (Å²) >= 11 is 0. The molecule has 3 aromatic carbocycles. The van der Waals surface area contributed by atoms with Gasteiger partial charge in [0.1, 0.15) is 0 Å². The van der Waals surface area contributed by atoms with E-state index in [0.29, 0.717) is 12.1 Å². The number of carbonyl (C=O) groups is 1. The zero-order chi connectivity index (χ0) is 18.7. The third-order valence-electron chi connectivity index (χ3n) is 4.58. The van der Waals surface area contributed by atoms with E-state index in [-0.39, 0.29) is 12.0 Å². The summed E-state index contributed by atoms with van der Waals surface area (Å²) in [6, 6.07) is 28.6. The van der Waals surface area contributed by atoms with Gasteiger partial charge in [0.05, 0.1) is 12.6 Å². The van der Waals surface area contributed by atoms with Crippen molar-refractivity contribution in [2.75, 3.05) is 6.54 Å². The first-order valence-electron chi connectivity index (χ1n) is 9.04. The standard InChI is InChI=1S/C23H21NO3/c1-18-17-24(22(25)19-11-5-2-6-12-19)27-23(26-18,20-13-7-3-8-14-20)21-15-9-4-10-16-21/h2-16,18H,17H2,1H3. The van der Waals surface area contributed by atoms with E-state index in [0.717, 1.165) is 11.1 Å². The van der Waals surface area contributed by atoms with E-state index in [4.69, 9.17) is 9.57 Å². The number of hydroxylamine groups is 2. The minimum absolute atomic E-state index is 0.179. The molecule has 3 aromatic rings. The van der Waals surface area contributed by atoms with Gasteiger partial charge in [0.15, 0.2) is 0 Å². The number of nitrogens with zero attached hydrogens (tertiary/aromatic N) is 1. The molecule has 0 aromatic heterocycles. The summed E-state index contributed by atoms with van der Waals surface area (Å²) in [5, 5.41) is 1.42. The second-order valence-corrected chi connectivity index (χ2v) is 6.60. The van der Waals surface area contributed by atoms with Gasteiger partial charge in [0.25, 0.3) is 5.91 Å². The van der Waals surface area contributed by atoms with Crippen LogP contribution < -0.4 is 0 Å². The third-order valence-corrected chi connectivity index (χ3v) is 4.58. The molecule has 0 aliphatic carbocycles. The molecule has 27 heavy (non-hydrogen) atoms. The van der Waals surface area contributed by atoms with Crippen molar-refractivity contribution in [1.82, 2.24) is 5.06 Å². The Balaban J connectivity index is 1.78. The molecular weight excluding hydrogens is 338 g/mol. The van der Waals surface area contributed by atoms with Crippen LogP contribution >= 0.6 is 0 Å². The second-order valence-electron chi connectivity index (χ2n) is 6.60. The molecule has 1 unspecified atom stereocenters. The molecule has 0 spiro atoms. The largest absolute Gasteiger partial charge is 0.336 e. The first kappa shape index (κ1) is 17.5. The maximum Gasteiger partial charge on any atom is 0.277 e. The highest BCUT2D eigenvalue weighted by Gasteiger charge is 2.46. The molecule has 1 aliphatic heterocycles. The van der Waals surface area contributed by atoms with Gasteiger partial charge in [-0.25, -0.2) is 9.90 Å². The average Bonchev–Trinajstić information content (AvgIpc) is 2.74. The number of amides is 1. The molecule has 0 N–H and O–H groups in total. The lowest BCUT2D eigenvalue weighted by Crippen LogP contribution is -2.53. The number of hydrogen-bond acceptors (Lipinski definition) is 3. The zero-order valence-electron chi connectivity index (χ0n) is 15.1. The van der Waals surface area contributed by atoms with Gasteiger partial charge in [-0.2, -0.15) is 0 Å². The monoisotopic (exact) mass is 359 g/mol. The number of rotatable bonds is 3. The molecule has 1 amide bonds. The molecule has 0 saturated carbocycles. The molecule has 1 fully saturated rings. The van der Waals surface area contributed by atoms with Crippen molar-refractivity contribution in [1.29, 1.82) is 0 Å². The summed E-state index contributed by atoms with van der Waals surface area (Å²) in [4.78, 5) is 19.3. The van der Waals surface area contributed by atoms with Crippen LogP contribution in [-0.4, -0.2) is 23.6 Å². The summed E-state index contributed by atoms with van der Waals surface area (Å²) < 4.78 is 6.35. The first-order valence-corrected chi connectivity index (χ1v) is 9.04. The molecule has 1 saturated heterocycles. The van der Waals surface area contributed by atoms with E-state index in [1.165, 1.54) is 5.06 Å². The highest BCUT2D eigenvalue weighted by Crippen LogP contribution is 2.40. The van der Waals surface area contributed by atoms with Crippen LogP contribution in [-0.2, 0) is 15.4 Å². The molecule has 1 atom stereocenters. The molecule has 4 rings (SSSR count). The lowest BCUT2D eigenvalue weighted by atomic mass is 9.96. The molecule has 1 aliphatic rings. The van der Waals surface area contributed by atoms with Crippen LogP contribution in [0, 0.1) is 0 Å². The van der Waals surface area contributed by atoms with Crippen LogP contribution in [0.25, 0.3) is 0 Å². The van der Waals surface area contributed by atoms with Gasteiger partial charge < -0.3 is 4.74 Å². The van der Waals surface area contributed by atoms with Gasteiger partial charge in [0.2, 0.25) is 5.79 Å². The Morgan fingerprint density at radius 2 is 1.33 bits per heavy atom. The van der Waals surface area contributed by atoms with Crippen molar-refractivity contribution < 1.29 is 14.4 Å². The summed E-state index contributed by atoms with van der Waals surface area (Å²) in [5.41, 5.74) is 2.27. The summed E-state index contributed by atoms with van der Waals surface area (Å²) in [7, 11) is 0. The van der Waals surface area contributed by atoms with Crippen molar-refractivity contribution in [2.45, 2.75) is 18.8 Å². The van der Waals surface area contributed by atoms with Gasteiger partial charge in [-0.05, 0) is 19.1 Å². The van der Waals surface area contributed by atoms with Crippen LogP contribution in [0.3, 0.4) is 0 Å². The Morgan fingerprint density at radius 1 is 0.852 bits per heavy atom. The van der Waals surface area contributed by atoms with Gasteiger partial charge in [-0.1, -0.05) is 78.9 Å². The Hall–Kier alpha value is -2.95. The molecule has 4 nitrogen and oxygen atoms in total. The maximum absolute atomic E-state index is 13.0. The molecule has 4 heteroatoms. The SMILES string of the molecule is CC1CN(C(=O)c2ccccc2)OC(c2ccccc2)(c2ccccc2)O1. The highest BCUT2D eigenvalue weighted by molar-refractivity contribution is 5.93. The fourth-order valence-corrected chi connectivity index (χ4v) is 3.34. The van der Waals surface area contributed by atoms with Crippen LogP contribution in [0.5, 0.6) is 0 Å². The van der Waals surface area contributed by atoms with Gasteiger partial charge >= 0.3 is 0 Å². The van der Waals surface area contributed by atoms with E-state index in [1.807, 2.05) is 85.8 Å². The lowest BCUT2D eigenvalue weighted by molar-refractivity contribution is -0.369. The predicted molar refractivity (Wildman–Crippen MR) is 103 cm³/mol. The number of carbonyl (C=O) groups excluding carboxylic acids is 1. The maximum atomic E-state index is 13.0. The summed E-state index contributed by atoms with van der Waals surface area (Å²) in [6.45, 7) is 2.31. The van der Waals surface area contributed by atoms with E-state index in [9.17, 15) is 4.79 Å². The zero-order valence-corrected chi connectivity index (χ0v) is 15.1. The van der Waals surface area contributed by atoms with Gasteiger partial charge in [-0.3, -0.25) is 4.79 Å². The molecule has 0 radical (unpaired) electrons. The number of benzene rings is 3. The quantitative estimate of drug-likeness (QED) is 0.697. The van der Waals surface area contributed by atoms with E-state index in [1.54, 1.807) is 12.1 Å². The predicted octanol–water partition coefficient (Wildman–Crippen LogP) is 4.38. The van der Waals surface area contributed by atoms with Crippen molar-refractivity contribution in [3.63, 3.8) is 0 Å². The van der Waals surface area contributed by atoms with Crippen LogP contribution in [0.4, 0.5) is 0 Å². The smallest absolute Gasteiger partial charge is 0.277 e. The fraction of sp³-hybridized carbons (Fsp3) is 0.174. The van der Waals surface area contributed by atoms with Gasteiger partial charge in [0, 0.05) is 16.7 Å². The number of ether oxygens (including phenoxy) is 1. The van der Waals surface area contributed by atoms with Crippen molar-refractivity contribution >= 4 is 5.91 Å². The summed E-state index contributed by atoms with van der Waals surface area (Å²) in [5.74, 6) is -1.35. The van der Waals surface area contributed by atoms with Crippen LogP contribution in [0.2, 0.25) is 0 Å². The van der Waals surface area contributed by atoms with E-state index in [2.05, 4.69) is 0 Å². The van der Waals surface area contributed by atoms with Crippen molar-refractivity contribution in [3.8, 4) is 0 Å². The molecule has 1 heterocycles. The Bertz CT molecular complexity index is 857. The van der Waals surface area contributed by atoms with Gasteiger partial charge in [-0.15, -0.1) is 0 Å². The first-order chi connectivity index (χ1) is 13.2. The molecular formula is C23H21NO3. The Kier molecular flexibility index (Phi) is 4.75. The highest BCUT2D eigenvalue weighted by atomic mass is 16.8. The number of hydrogen-bond donors (Lipinski definition) is 0. The minimum Gasteiger partial charge on any atom is -0.336 e.